The minimum Gasteiger partial charge on any atom is -0.484 e. The normalized spacial score (nSPS) is 10.4. The number of hydrogen-bond acceptors (Lipinski definition) is 5. The van der Waals surface area contributed by atoms with E-state index in [0.717, 1.165) is 0 Å². The molecule has 1 heterocycles. The summed E-state index contributed by atoms with van der Waals surface area (Å²) in [6, 6.07) is 23.0. The smallest absolute Gasteiger partial charge is 0.323 e. The lowest BCUT2D eigenvalue weighted by Gasteiger charge is -2.08. The molecular formula is C22H17ClN4O3. The summed E-state index contributed by atoms with van der Waals surface area (Å²) in [4.78, 5) is 16.5. The van der Waals surface area contributed by atoms with Crippen LogP contribution < -0.4 is 15.4 Å². The Hall–Kier alpha value is -3.84. The summed E-state index contributed by atoms with van der Waals surface area (Å²) in [5.74, 6) is 1.38. The lowest BCUT2D eigenvalue weighted by atomic mass is 10.2. The van der Waals surface area contributed by atoms with Crippen LogP contribution in [-0.4, -0.2) is 16.2 Å². The Bertz CT molecular complexity index is 1130. The molecule has 4 rings (SSSR count). The molecule has 150 valence electrons. The van der Waals surface area contributed by atoms with Crippen LogP contribution in [0.15, 0.2) is 83.4 Å². The number of ether oxygens (including phenoxy) is 1. The SMILES string of the molecule is O=C(Nc1ccccc1)Nc1cccc(-c2noc(COc3ccc(Cl)cc3)n2)c1. The monoisotopic (exact) mass is 420 g/mol. The molecule has 2 amide bonds. The second-order valence-electron chi connectivity index (χ2n) is 6.28. The first-order valence-electron chi connectivity index (χ1n) is 9.10. The van der Waals surface area contributed by atoms with Gasteiger partial charge in [-0.3, -0.25) is 0 Å². The number of halogens is 1. The van der Waals surface area contributed by atoms with Crippen molar-refractivity contribution < 1.29 is 14.1 Å². The molecule has 2 N–H and O–H groups in total. The average molecular weight is 421 g/mol. The van der Waals surface area contributed by atoms with E-state index in [4.69, 9.17) is 20.9 Å². The maximum absolute atomic E-state index is 12.2. The molecule has 0 aliphatic heterocycles. The predicted octanol–water partition coefficient (Wildman–Crippen LogP) is 5.61. The minimum atomic E-state index is -0.344. The number of para-hydroxylation sites is 1. The highest BCUT2D eigenvalue weighted by atomic mass is 35.5. The zero-order valence-electron chi connectivity index (χ0n) is 15.7. The van der Waals surface area contributed by atoms with Gasteiger partial charge in [0.2, 0.25) is 5.82 Å². The molecule has 0 fully saturated rings. The van der Waals surface area contributed by atoms with Crippen molar-refractivity contribution in [2.24, 2.45) is 0 Å². The molecule has 0 aliphatic carbocycles. The van der Waals surface area contributed by atoms with Crippen LogP contribution >= 0.6 is 11.6 Å². The molecule has 0 spiro atoms. The van der Waals surface area contributed by atoms with Gasteiger partial charge in [0.25, 0.3) is 5.89 Å². The number of urea groups is 1. The Balaban J connectivity index is 1.38. The number of nitrogens with one attached hydrogen (secondary N) is 2. The van der Waals surface area contributed by atoms with E-state index in [0.29, 0.717) is 39.4 Å². The van der Waals surface area contributed by atoms with Crippen LogP contribution in [0, 0.1) is 0 Å². The number of amides is 2. The Labute approximate surface area is 177 Å². The summed E-state index contributed by atoms with van der Waals surface area (Å²) in [6.07, 6.45) is 0. The number of benzene rings is 3. The third-order valence-corrected chi connectivity index (χ3v) is 4.31. The molecule has 0 atom stereocenters. The van der Waals surface area contributed by atoms with E-state index in [-0.39, 0.29) is 12.6 Å². The number of carbonyl (C=O) groups is 1. The van der Waals surface area contributed by atoms with E-state index in [1.165, 1.54) is 0 Å². The van der Waals surface area contributed by atoms with Crippen molar-refractivity contribution in [2.75, 3.05) is 10.6 Å². The van der Waals surface area contributed by atoms with Crippen molar-refractivity contribution >= 4 is 29.0 Å². The van der Waals surface area contributed by atoms with Crippen LogP contribution in [0.25, 0.3) is 11.4 Å². The Kier molecular flexibility index (Phi) is 5.91. The van der Waals surface area contributed by atoms with E-state index < -0.39 is 0 Å². The topological polar surface area (TPSA) is 89.3 Å². The van der Waals surface area contributed by atoms with Crippen molar-refractivity contribution in [2.45, 2.75) is 6.61 Å². The zero-order valence-corrected chi connectivity index (χ0v) is 16.5. The quantitative estimate of drug-likeness (QED) is 0.423. The lowest BCUT2D eigenvalue weighted by molar-refractivity contribution is 0.243. The number of carbonyl (C=O) groups excluding carboxylic acids is 1. The first-order valence-corrected chi connectivity index (χ1v) is 9.48. The van der Waals surface area contributed by atoms with E-state index in [1.54, 1.807) is 42.5 Å². The molecule has 1 aromatic heterocycles. The van der Waals surface area contributed by atoms with E-state index in [1.807, 2.05) is 36.4 Å². The molecule has 7 nitrogen and oxygen atoms in total. The van der Waals surface area contributed by atoms with Gasteiger partial charge in [-0.05, 0) is 48.5 Å². The van der Waals surface area contributed by atoms with Crippen LogP contribution in [0.1, 0.15) is 5.89 Å². The fraction of sp³-hybridized carbons (Fsp3) is 0.0455. The summed E-state index contributed by atoms with van der Waals surface area (Å²) < 4.78 is 10.9. The van der Waals surface area contributed by atoms with Gasteiger partial charge in [0.1, 0.15) is 5.75 Å². The van der Waals surface area contributed by atoms with E-state index in [9.17, 15) is 4.79 Å². The van der Waals surface area contributed by atoms with Gasteiger partial charge in [-0.25, -0.2) is 4.79 Å². The van der Waals surface area contributed by atoms with Crippen LogP contribution in [0.2, 0.25) is 5.02 Å². The van der Waals surface area contributed by atoms with Crippen molar-refractivity contribution in [1.29, 1.82) is 0 Å². The molecule has 0 saturated heterocycles. The Morgan fingerprint density at radius 2 is 1.67 bits per heavy atom. The van der Waals surface area contributed by atoms with Gasteiger partial charge < -0.3 is 19.9 Å². The highest BCUT2D eigenvalue weighted by molar-refractivity contribution is 6.30. The maximum Gasteiger partial charge on any atom is 0.323 e. The van der Waals surface area contributed by atoms with Crippen LogP contribution in [-0.2, 0) is 6.61 Å². The fourth-order valence-corrected chi connectivity index (χ4v) is 2.78. The van der Waals surface area contributed by atoms with Gasteiger partial charge >= 0.3 is 6.03 Å². The summed E-state index contributed by atoms with van der Waals surface area (Å²) in [5.41, 5.74) is 2.01. The van der Waals surface area contributed by atoms with Gasteiger partial charge in [-0.15, -0.1) is 0 Å². The van der Waals surface area contributed by atoms with Crippen LogP contribution in [0.3, 0.4) is 0 Å². The van der Waals surface area contributed by atoms with E-state index >= 15 is 0 Å². The predicted molar refractivity (Wildman–Crippen MR) is 115 cm³/mol. The van der Waals surface area contributed by atoms with Gasteiger partial charge in [0.05, 0.1) is 0 Å². The number of rotatable bonds is 6. The van der Waals surface area contributed by atoms with E-state index in [2.05, 4.69) is 20.8 Å². The molecule has 0 radical (unpaired) electrons. The molecule has 30 heavy (non-hydrogen) atoms. The first kappa shape index (κ1) is 19.5. The lowest BCUT2D eigenvalue weighted by Crippen LogP contribution is -2.19. The van der Waals surface area contributed by atoms with Crippen molar-refractivity contribution in [3.63, 3.8) is 0 Å². The largest absolute Gasteiger partial charge is 0.484 e. The van der Waals surface area contributed by atoms with Crippen molar-refractivity contribution in [3.05, 3.63) is 89.8 Å². The third-order valence-electron chi connectivity index (χ3n) is 4.05. The molecule has 0 bridgehead atoms. The molecule has 3 aromatic carbocycles. The molecule has 0 saturated carbocycles. The van der Waals surface area contributed by atoms with Crippen molar-refractivity contribution in [3.8, 4) is 17.1 Å². The number of hydrogen-bond donors (Lipinski definition) is 2. The first-order chi connectivity index (χ1) is 14.7. The highest BCUT2D eigenvalue weighted by Crippen LogP contribution is 2.21. The van der Waals surface area contributed by atoms with Crippen LogP contribution in [0.5, 0.6) is 5.75 Å². The number of aromatic nitrogens is 2. The van der Waals surface area contributed by atoms with Crippen molar-refractivity contribution in [1.82, 2.24) is 10.1 Å². The number of nitrogens with zero attached hydrogens (tertiary/aromatic N) is 2. The summed E-state index contributed by atoms with van der Waals surface area (Å²) >= 11 is 5.86. The number of anilines is 2. The van der Waals surface area contributed by atoms with Gasteiger partial charge in [-0.2, -0.15) is 4.98 Å². The molecular weight excluding hydrogens is 404 g/mol. The summed E-state index contributed by atoms with van der Waals surface area (Å²) in [5, 5.41) is 10.2. The molecule has 4 aromatic rings. The zero-order chi connectivity index (χ0) is 20.8. The summed E-state index contributed by atoms with van der Waals surface area (Å²) in [7, 11) is 0. The van der Waals surface area contributed by atoms with Gasteiger partial charge in [-0.1, -0.05) is 47.1 Å². The average Bonchev–Trinajstić information content (AvgIpc) is 3.23. The highest BCUT2D eigenvalue weighted by Gasteiger charge is 2.11. The standard InChI is InChI=1S/C22H17ClN4O3/c23-16-9-11-19(12-10-16)29-14-20-26-21(27-30-20)15-5-4-8-18(13-15)25-22(28)24-17-6-2-1-3-7-17/h1-13H,14H2,(H2,24,25,28). The van der Waals surface area contributed by atoms with Gasteiger partial charge in [0.15, 0.2) is 6.61 Å². The molecule has 0 aliphatic rings. The molecule has 8 heteroatoms. The van der Waals surface area contributed by atoms with Crippen LogP contribution in [0.4, 0.5) is 16.2 Å². The molecule has 0 unspecified atom stereocenters. The fourth-order valence-electron chi connectivity index (χ4n) is 2.66. The summed E-state index contributed by atoms with van der Waals surface area (Å²) in [6.45, 7) is 0.131. The second kappa shape index (κ2) is 9.11. The maximum atomic E-state index is 12.2. The second-order valence-corrected chi connectivity index (χ2v) is 6.72. The van der Waals surface area contributed by atoms with Gasteiger partial charge in [0, 0.05) is 22.0 Å². The minimum absolute atomic E-state index is 0.131. The Morgan fingerprint density at radius 1 is 0.933 bits per heavy atom. The third kappa shape index (κ3) is 5.15. The Morgan fingerprint density at radius 3 is 2.47 bits per heavy atom.